The molecule has 21 heavy (non-hydrogen) atoms. The van der Waals surface area contributed by atoms with Gasteiger partial charge in [-0.1, -0.05) is 27.7 Å². The van der Waals surface area contributed by atoms with Gasteiger partial charge in [-0.05, 0) is 24.7 Å². The summed E-state index contributed by atoms with van der Waals surface area (Å²) in [5.74, 6) is -4.31. The topological polar surface area (TPSA) is 32.3 Å². The number of carbonyl (C=O) groups excluding carboxylic acids is 1. The van der Waals surface area contributed by atoms with E-state index >= 15 is 0 Å². The van der Waals surface area contributed by atoms with Crippen LogP contribution in [0, 0.1) is 11.8 Å². The highest BCUT2D eigenvalue weighted by molar-refractivity contribution is 5.84. The van der Waals surface area contributed by atoms with Crippen LogP contribution in [0.1, 0.15) is 40.5 Å². The van der Waals surface area contributed by atoms with Crippen LogP contribution in [0.25, 0.3) is 0 Å². The smallest absolute Gasteiger partial charge is 0.320 e. The molecule has 0 aliphatic carbocycles. The van der Waals surface area contributed by atoms with Gasteiger partial charge in [0.05, 0.1) is 18.8 Å². The zero-order valence-electron chi connectivity index (χ0n) is 12.9. The van der Waals surface area contributed by atoms with Gasteiger partial charge >= 0.3 is 12.3 Å². The Balaban J connectivity index is 2.87. The van der Waals surface area contributed by atoms with Crippen molar-refractivity contribution >= 4 is 5.91 Å². The number of nitrogens with zero attached hydrogens (tertiary/aromatic N) is 1. The van der Waals surface area contributed by atoms with E-state index in [1.54, 1.807) is 0 Å². The van der Waals surface area contributed by atoms with Gasteiger partial charge < -0.3 is 4.90 Å². The number of alkyl halides is 4. The van der Waals surface area contributed by atoms with Gasteiger partial charge in [0.25, 0.3) is 0 Å². The van der Waals surface area contributed by atoms with E-state index in [-0.39, 0.29) is 11.8 Å². The maximum absolute atomic E-state index is 13.3. The minimum atomic E-state index is -4.18. The molecule has 0 spiro atoms. The molecule has 0 bridgehead atoms. The molecule has 0 saturated carbocycles. The lowest BCUT2D eigenvalue weighted by Gasteiger charge is -2.29. The first kappa shape index (κ1) is 18.2. The van der Waals surface area contributed by atoms with Crippen molar-refractivity contribution in [3.05, 3.63) is 0 Å². The summed E-state index contributed by atoms with van der Waals surface area (Å²) < 4.78 is 51.4. The first-order chi connectivity index (χ1) is 9.54. The fraction of sp³-hybridized carbons (Fsp3) is 0.929. The molecular weight excluding hydrogens is 288 g/mol. The summed E-state index contributed by atoms with van der Waals surface area (Å²) in [6, 6.07) is -0.567. The highest BCUT2D eigenvalue weighted by Crippen LogP contribution is 2.29. The summed E-state index contributed by atoms with van der Waals surface area (Å²) >= 11 is 0. The highest BCUT2D eigenvalue weighted by atomic mass is 19.3. The fourth-order valence-corrected chi connectivity index (χ4v) is 2.51. The lowest BCUT2D eigenvalue weighted by Crippen LogP contribution is -2.47. The van der Waals surface area contributed by atoms with E-state index < -0.39 is 37.0 Å². The van der Waals surface area contributed by atoms with Gasteiger partial charge in [-0.25, -0.2) is 8.78 Å². The molecule has 1 N–H and O–H groups in total. The van der Waals surface area contributed by atoms with E-state index in [0.717, 1.165) is 4.90 Å². The molecule has 2 unspecified atom stereocenters. The van der Waals surface area contributed by atoms with E-state index in [1.165, 1.54) is 0 Å². The number of halogens is 4. The molecule has 0 aromatic heterocycles. The van der Waals surface area contributed by atoms with Crippen LogP contribution >= 0.6 is 0 Å². The molecule has 1 amide bonds. The average molecular weight is 312 g/mol. The molecule has 1 rings (SSSR count). The van der Waals surface area contributed by atoms with Crippen molar-refractivity contribution in [1.82, 2.24) is 10.2 Å². The van der Waals surface area contributed by atoms with Crippen molar-refractivity contribution in [1.29, 1.82) is 0 Å². The Morgan fingerprint density at radius 3 is 2.10 bits per heavy atom. The van der Waals surface area contributed by atoms with Gasteiger partial charge in [-0.15, -0.1) is 0 Å². The third-order valence-electron chi connectivity index (χ3n) is 3.45. The molecule has 1 aliphatic rings. The van der Waals surface area contributed by atoms with Crippen LogP contribution in [0.15, 0.2) is 0 Å². The minimum Gasteiger partial charge on any atom is -0.320 e. The molecule has 1 aliphatic heterocycles. The second-order valence-corrected chi connectivity index (χ2v) is 6.52. The highest BCUT2D eigenvalue weighted by Gasteiger charge is 2.48. The van der Waals surface area contributed by atoms with Gasteiger partial charge in [0.2, 0.25) is 5.91 Å². The Bertz CT molecular complexity index is 361. The van der Waals surface area contributed by atoms with Crippen LogP contribution in [0.4, 0.5) is 17.6 Å². The summed E-state index contributed by atoms with van der Waals surface area (Å²) in [5, 5.41) is 3.01. The molecule has 3 nitrogen and oxygen atoms in total. The zero-order valence-corrected chi connectivity index (χ0v) is 12.9. The second kappa shape index (κ2) is 6.94. The van der Waals surface area contributed by atoms with Crippen LogP contribution < -0.4 is 5.32 Å². The maximum Gasteiger partial charge on any atom is 0.324 e. The minimum absolute atomic E-state index is 0.163. The Morgan fingerprint density at radius 2 is 1.67 bits per heavy atom. The number of amides is 1. The number of hydrogen-bond donors (Lipinski definition) is 1. The Hall–Kier alpha value is -0.850. The summed E-state index contributed by atoms with van der Waals surface area (Å²) in [6.45, 7) is 6.39. The molecule has 1 fully saturated rings. The lowest BCUT2D eigenvalue weighted by molar-refractivity contribution is -0.157. The van der Waals surface area contributed by atoms with E-state index in [4.69, 9.17) is 0 Å². The average Bonchev–Trinajstić information content (AvgIpc) is 2.55. The van der Waals surface area contributed by atoms with Crippen LogP contribution in [0.3, 0.4) is 0 Å². The van der Waals surface area contributed by atoms with Crippen LogP contribution in [0.2, 0.25) is 0 Å². The fourth-order valence-electron chi connectivity index (χ4n) is 2.51. The van der Waals surface area contributed by atoms with Crippen molar-refractivity contribution in [3.8, 4) is 0 Å². The number of carbonyl (C=O) groups is 1. The first-order valence-electron chi connectivity index (χ1n) is 7.27. The Kier molecular flexibility index (Phi) is 6.01. The predicted molar refractivity (Wildman–Crippen MR) is 72.3 cm³/mol. The molecule has 0 radical (unpaired) electrons. The Morgan fingerprint density at radius 1 is 1.14 bits per heavy atom. The molecule has 0 aromatic rings. The monoisotopic (exact) mass is 312 g/mol. The third-order valence-corrected chi connectivity index (χ3v) is 3.45. The van der Waals surface area contributed by atoms with Gasteiger partial charge in [0, 0.05) is 0 Å². The van der Waals surface area contributed by atoms with Gasteiger partial charge in [-0.2, -0.15) is 8.78 Å². The lowest BCUT2D eigenvalue weighted by atomic mass is 10.0. The van der Waals surface area contributed by atoms with Crippen molar-refractivity contribution < 1.29 is 22.4 Å². The van der Waals surface area contributed by atoms with Crippen molar-refractivity contribution in [2.45, 2.75) is 65.1 Å². The van der Waals surface area contributed by atoms with E-state index in [2.05, 4.69) is 5.32 Å². The first-order valence-corrected chi connectivity index (χ1v) is 7.27. The van der Waals surface area contributed by atoms with Crippen molar-refractivity contribution in [2.75, 3.05) is 6.54 Å². The van der Waals surface area contributed by atoms with Crippen molar-refractivity contribution in [2.24, 2.45) is 11.8 Å². The summed E-state index contributed by atoms with van der Waals surface area (Å²) in [7, 11) is 0. The molecular formula is C14H24F4N2O. The Labute approximate surface area is 123 Å². The van der Waals surface area contributed by atoms with Gasteiger partial charge in [0.1, 0.15) is 0 Å². The molecule has 124 valence electrons. The van der Waals surface area contributed by atoms with Gasteiger partial charge in [-0.3, -0.25) is 10.1 Å². The largest absolute Gasteiger partial charge is 0.324 e. The molecule has 0 aromatic carbocycles. The quantitative estimate of drug-likeness (QED) is 0.733. The number of hydrogen-bond acceptors (Lipinski definition) is 2. The van der Waals surface area contributed by atoms with Gasteiger partial charge in [0.15, 0.2) is 0 Å². The second-order valence-electron chi connectivity index (χ2n) is 6.52. The maximum atomic E-state index is 13.3. The van der Waals surface area contributed by atoms with E-state index in [9.17, 15) is 22.4 Å². The molecule has 2 atom stereocenters. The van der Waals surface area contributed by atoms with Crippen molar-refractivity contribution in [3.63, 3.8) is 0 Å². The number of nitrogens with one attached hydrogen (secondary N) is 1. The van der Waals surface area contributed by atoms with E-state index in [0.29, 0.717) is 12.8 Å². The van der Waals surface area contributed by atoms with Crippen LogP contribution in [-0.4, -0.2) is 41.9 Å². The zero-order chi connectivity index (χ0) is 16.4. The number of rotatable bonds is 7. The van der Waals surface area contributed by atoms with Crippen LogP contribution in [0.5, 0.6) is 0 Å². The summed E-state index contributed by atoms with van der Waals surface area (Å²) in [4.78, 5) is 13.1. The third kappa shape index (κ3) is 4.83. The molecule has 1 heterocycles. The van der Waals surface area contributed by atoms with E-state index in [1.807, 2.05) is 27.7 Å². The van der Waals surface area contributed by atoms with Crippen LogP contribution in [-0.2, 0) is 4.79 Å². The summed E-state index contributed by atoms with van der Waals surface area (Å²) in [6.07, 6.45) is -3.41. The molecule has 1 saturated heterocycles. The summed E-state index contributed by atoms with van der Waals surface area (Å²) in [5.41, 5.74) is 0. The standard InChI is InChI=1S/C14H24F4N2O/c1-8(2)5-10-12(21)20(7-14(17,18)13(15)16)11(19-10)6-9(3)4/h8-11,13,19H,5-7H2,1-4H3. The predicted octanol–water partition coefficient (Wildman–Crippen LogP) is 3.11. The molecule has 7 heteroatoms. The SMILES string of the molecule is CC(C)CC1NC(CC(C)C)N(CC(F)(F)C(F)F)C1=O. The normalized spacial score (nSPS) is 24.0.